The van der Waals surface area contributed by atoms with Gasteiger partial charge in [-0.2, -0.15) is 0 Å². The lowest BCUT2D eigenvalue weighted by molar-refractivity contribution is 0.634. The molecule has 0 aliphatic carbocycles. The number of hydrogen-bond donors (Lipinski definition) is 0. The van der Waals surface area contributed by atoms with Gasteiger partial charge < -0.3 is 8.83 Å². The summed E-state index contributed by atoms with van der Waals surface area (Å²) in [5.74, 6) is 0. The summed E-state index contributed by atoms with van der Waals surface area (Å²) in [4.78, 5) is 0. The number of fused-ring (bicyclic) bond motifs is 10. The highest BCUT2D eigenvalue weighted by Crippen LogP contribution is 2.45. The summed E-state index contributed by atoms with van der Waals surface area (Å²) < 4.78 is 13.4. The number of furan rings is 2. The second-order valence-electron chi connectivity index (χ2n) is 11.3. The molecule has 40 heavy (non-hydrogen) atoms. The van der Waals surface area contributed by atoms with Crippen molar-refractivity contribution in [2.75, 3.05) is 0 Å². The largest absolute Gasteiger partial charge is 0.452 e. The van der Waals surface area contributed by atoms with Crippen LogP contribution in [-0.2, 0) is 0 Å². The van der Waals surface area contributed by atoms with Gasteiger partial charge >= 0.3 is 0 Å². The van der Waals surface area contributed by atoms with E-state index in [9.17, 15) is 0 Å². The maximum atomic E-state index is 6.68. The molecule has 0 atom stereocenters. The molecule has 8 rings (SSSR count). The Bertz CT molecular complexity index is 2100. The van der Waals surface area contributed by atoms with Gasteiger partial charge in [0.25, 0.3) is 0 Å². The molecule has 192 valence electrons. The predicted octanol–water partition coefficient (Wildman–Crippen LogP) is 11.2. The van der Waals surface area contributed by atoms with E-state index < -0.39 is 0 Å². The standard InChI is InChI=1S/C38H28O2/c1-21-13-22(2)16-27(15-21)25-9-11-31-33(19-25)39-37-35(31)29-7-5-6-8-30(29)36-32-12-10-26(20-34(32)40-38(36)37)28-17-23(3)14-24(4)18-28/h5-20H,1-4H3. The zero-order chi connectivity index (χ0) is 27.1. The molecule has 0 radical (unpaired) electrons. The molecule has 0 fully saturated rings. The molecule has 0 N–H and O–H groups in total. The highest BCUT2D eigenvalue weighted by Gasteiger charge is 2.21. The highest BCUT2D eigenvalue weighted by molar-refractivity contribution is 6.33. The van der Waals surface area contributed by atoms with Crippen LogP contribution in [-0.4, -0.2) is 0 Å². The fourth-order valence-corrected chi connectivity index (χ4v) is 6.61. The fourth-order valence-electron chi connectivity index (χ4n) is 6.61. The van der Waals surface area contributed by atoms with Gasteiger partial charge in [-0.3, -0.25) is 0 Å². The predicted molar refractivity (Wildman–Crippen MR) is 168 cm³/mol. The highest BCUT2D eigenvalue weighted by atomic mass is 16.4. The van der Waals surface area contributed by atoms with Gasteiger partial charge in [-0.15, -0.1) is 0 Å². The minimum absolute atomic E-state index is 0.811. The van der Waals surface area contributed by atoms with Crippen molar-refractivity contribution in [1.29, 1.82) is 0 Å². The second kappa shape index (κ2) is 8.34. The van der Waals surface area contributed by atoms with Crippen LogP contribution in [0.25, 0.3) is 76.9 Å². The fraction of sp³-hybridized carbons (Fsp3) is 0.105. The van der Waals surface area contributed by atoms with Crippen molar-refractivity contribution in [3.8, 4) is 22.3 Å². The van der Waals surface area contributed by atoms with E-state index in [4.69, 9.17) is 8.83 Å². The minimum Gasteiger partial charge on any atom is -0.452 e. The molecule has 2 aromatic heterocycles. The van der Waals surface area contributed by atoms with Crippen LogP contribution in [0.5, 0.6) is 0 Å². The molecule has 0 aliphatic rings. The Labute approximate surface area is 232 Å². The van der Waals surface area contributed by atoms with Crippen LogP contribution in [0.1, 0.15) is 22.3 Å². The number of hydrogen-bond acceptors (Lipinski definition) is 2. The Kier molecular flexibility index (Phi) is 4.82. The molecule has 0 spiro atoms. The molecule has 8 aromatic rings. The molecule has 2 heteroatoms. The van der Waals surface area contributed by atoms with Gasteiger partial charge in [0.1, 0.15) is 11.2 Å². The van der Waals surface area contributed by atoms with Crippen LogP contribution >= 0.6 is 0 Å². The van der Waals surface area contributed by atoms with E-state index in [1.54, 1.807) is 0 Å². The number of rotatable bonds is 2. The number of benzene rings is 6. The van der Waals surface area contributed by atoms with E-state index in [1.165, 1.54) is 44.2 Å². The second-order valence-corrected chi connectivity index (χ2v) is 11.3. The molecule has 0 unspecified atom stereocenters. The minimum atomic E-state index is 0.811. The summed E-state index contributed by atoms with van der Waals surface area (Å²) in [6.07, 6.45) is 0. The zero-order valence-corrected chi connectivity index (χ0v) is 23.1. The molecule has 2 nitrogen and oxygen atoms in total. The summed E-state index contributed by atoms with van der Waals surface area (Å²) in [6, 6.07) is 35.1. The zero-order valence-electron chi connectivity index (χ0n) is 23.1. The van der Waals surface area contributed by atoms with Crippen molar-refractivity contribution in [2.24, 2.45) is 0 Å². The van der Waals surface area contributed by atoms with Crippen molar-refractivity contribution in [3.05, 3.63) is 119 Å². The van der Waals surface area contributed by atoms with Crippen LogP contribution in [0.15, 0.2) is 106 Å². The van der Waals surface area contributed by atoms with E-state index in [-0.39, 0.29) is 0 Å². The number of aryl methyl sites for hydroxylation is 4. The van der Waals surface area contributed by atoms with Gasteiger partial charge in [-0.05, 0) is 85.0 Å². The third-order valence-corrected chi connectivity index (χ3v) is 8.16. The quantitative estimate of drug-likeness (QED) is 0.228. The molecule has 0 aliphatic heterocycles. The van der Waals surface area contributed by atoms with Gasteiger partial charge in [-0.25, -0.2) is 0 Å². The molecule has 2 heterocycles. The summed E-state index contributed by atoms with van der Waals surface area (Å²) in [5, 5.41) is 6.81. The third kappa shape index (κ3) is 3.42. The smallest absolute Gasteiger partial charge is 0.179 e. The monoisotopic (exact) mass is 516 g/mol. The topological polar surface area (TPSA) is 26.3 Å². The van der Waals surface area contributed by atoms with Gasteiger partial charge in [0.05, 0.1) is 0 Å². The van der Waals surface area contributed by atoms with E-state index in [0.29, 0.717) is 0 Å². The van der Waals surface area contributed by atoms with Crippen LogP contribution < -0.4 is 0 Å². The Morgan fingerprint density at radius 2 is 0.775 bits per heavy atom. The maximum Gasteiger partial charge on any atom is 0.179 e. The van der Waals surface area contributed by atoms with Crippen LogP contribution in [0, 0.1) is 27.7 Å². The third-order valence-electron chi connectivity index (χ3n) is 8.16. The van der Waals surface area contributed by atoms with Crippen LogP contribution in [0.4, 0.5) is 0 Å². The van der Waals surface area contributed by atoms with Crippen molar-refractivity contribution in [3.63, 3.8) is 0 Å². The lowest BCUT2D eigenvalue weighted by atomic mass is 9.96. The lowest BCUT2D eigenvalue weighted by Crippen LogP contribution is -1.83. The summed E-state index contributed by atoms with van der Waals surface area (Å²) in [6.45, 7) is 8.58. The van der Waals surface area contributed by atoms with Crippen molar-refractivity contribution in [1.82, 2.24) is 0 Å². The lowest BCUT2D eigenvalue weighted by Gasteiger charge is -2.06. The Morgan fingerprint density at radius 1 is 0.375 bits per heavy atom. The molecule has 0 saturated carbocycles. The maximum absolute atomic E-state index is 6.68. The Morgan fingerprint density at radius 3 is 1.18 bits per heavy atom. The van der Waals surface area contributed by atoms with Gasteiger partial charge in [-0.1, -0.05) is 95.1 Å². The SMILES string of the molecule is Cc1cc(C)cc(-c2ccc3c(c2)oc2c4oc5cc(-c6cc(C)cc(C)c6)ccc5c4c4ccccc4c32)c1. The van der Waals surface area contributed by atoms with E-state index in [1.807, 2.05) is 0 Å². The van der Waals surface area contributed by atoms with Crippen LogP contribution in [0.2, 0.25) is 0 Å². The van der Waals surface area contributed by atoms with Crippen molar-refractivity contribution >= 4 is 54.6 Å². The Hall–Kier alpha value is -4.82. The molecular weight excluding hydrogens is 488 g/mol. The molecular formula is C38H28O2. The first kappa shape index (κ1) is 23.1. The van der Waals surface area contributed by atoms with Crippen LogP contribution in [0.3, 0.4) is 0 Å². The first-order valence-electron chi connectivity index (χ1n) is 13.8. The van der Waals surface area contributed by atoms with E-state index in [0.717, 1.165) is 55.0 Å². The molecule has 0 bridgehead atoms. The Balaban J connectivity index is 1.43. The summed E-state index contributed by atoms with van der Waals surface area (Å²) in [7, 11) is 0. The average molecular weight is 517 g/mol. The van der Waals surface area contributed by atoms with Gasteiger partial charge in [0, 0.05) is 21.5 Å². The van der Waals surface area contributed by atoms with E-state index >= 15 is 0 Å². The van der Waals surface area contributed by atoms with E-state index in [2.05, 4.69) is 125 Å². The normalized spacial score (nSPS) is 12.0. The summed E-state index contributed by atoms with van der Waals surface area (Å²) in [5.41, 5.74) is 13.1. The van der Waals surface area contributed by atoms with Gasteiger partial charge in [0.2, 0.25) is 0 Å². The van der Waals surface area contributed by atoms with Gasteiger partial charge in [0.15, 0.2) is 11.2 Å². The van der Waals surface area contributed by atoms with Crippen molar-refractivity contribution in [2.45, 2.75) is 27.7 Å². The molecule has 6 aromatic carbocycles. The first-order chi connectivity index (χ1) is 19.4. The average Bonchev–Trinajstić information content (AvgIpc) is 3.50. The first-order valence-corrected chi connectivity index (χ1v) is 13.8. The summed E-state index contributed by atoms with van der Waals surface area (Å²) >= 11 is 0. The molecule has 0 saturated heterocycles. The molecule has 0 amide bonds. The van der Waals surface area contributed by atoms with Crippen molar-refractivity contribution < 1.29 is 8.83 Å².